The van der Waals surface area contributed by atoms with Gasteiger partial charge in [-0.05, 0) is 48.9 Å². The number of aromatic nitrogens is 2. The fourth-order valence-corrected chi connectivity index (χ4v) is 2.26. The Hall–Kier alpha value is -2.86. The Morgan fingerprint density at radius 2 is 2.13 bits per heavy atom. The smallest absolute Gasteiger partial charge is 0.251 e. The van der Waals surface area contributed by atoms with Crippen LogP contribution in [0.4, 0.5) is 0 Å². The normalized spacial score (nSPS) is 12.1. The minimum absolute atomic E-state index is 0.232. The molecule has 1 aromatic carbocycles. The molecule has 0 radical (unpaired) electrons. The number of aliphatic hydroxyl groups excluding tert-OH is 1. The summed E-state index contributed by atoms with van der Waals surface area (Å²) in [5, 5.41) is 16.4. The number of hydrogen-bond acceptors (Lipinski definition) is 4. The fourth-order valence-electron chi connectivity index (χ4n) is 2.26. The number of carbonyl (C=O) groups is 1. The van der Waals surface area contributed by atoms with E-state index in [0.29, 0.717) is 11.3 Å². The summed E-state index contributed by atoms with van der Waals surface area (Å²) in [6.45, 7) is 1.74. The zero-order chi connectivity index (χ0) is 16.2. The Labute approximate surface area is 133 Å². The summed E-state index contributed by atoms with van der Waals surface area (Å²) in [6, 6.07) is 9.95. The SMILES string of the molecule is Cc1cnn(-c2ccc(C(=O)NC(CO)c3ccco3)cc2)c1. The van der Waals surface area contributed by atoms with Gasteiger partial charge < -0.3 is 14.8 Å². The van der Waals surface area contributed by atoms with Gasteiger partial charge in [0, 0.05) is 11.8 Å². The molecule has 6 heteroatoms. The molecule has 3 aromatic rings. The molecule has 23 heavy (non-hydrogen) atoms. The van der Waals surface area contributed by atoms with Crippen molar-refractivity contribution in [2.45, 2.75) is 13.0 Å². The van der Waals surface area contributed by atoms with E-state index < -0.39 is 6.04 Å². The van der Waals surface area contributed by atoms with Crippen LogP contribution in [0.15, 0.2) is 59.5 Å². The molecule has 0 bridgehead atoms. The average Bonchev–Trinajstić information content (AvgIpc) is 3.24. The van der Waals surface area contributed by atoms with Gasteiger partial charge in [0.1, 0.15) is 11.8 Å². The van der Waals surface area contributed by atoms with Gasteiger partial charge in [-0.3, -0.25) is 4.79 Å². The van der Waals surface area contributed by atoms with Crippen molar-refractivity contribution in [3.05, 3.63) is 71.9 Å². The van der Waals surface area contributed by atoms with Crippen LogP contribution in [0, 0.1) is 6.92 Å². The minimum Gasteiger partial charge on any atom is -0.467 e. The predicted molar refractivity (Wildman–Crippen MR) is 84.3 cm³/mol. The summed E-state index contributed by atoms with van der Waals surface area (Å²) in [6.07, 6.45) is 5.19. The van der Waals surface area contributed by atoms with Gasteiger partial charge in [0.25, 0.3) is 5.91 Å². The van der Waals surface area contributed by atoms with Crippen molar-refractivity contribution in [2.75, 3.05) is 6.61 Å². The fraction of sp³-hybridized carbons (Fsp3) is 0.176. The van der Waals surface area contributed by atoms with E-state index in [9.17, 15) is 9.90 Å². The average molecular weight is 311 g/mol. The second kappa shape index (κ2) is 6.50. The molecule has 6 nitrogen and oxygen atoms in total. The lowest BCUT2D eigenvalue weighted by Gasteiger charge is -2.14. The largest absolute Gasteiger partial charge is 0.467 e. The topological polar surface area (TPSA) is 80.3 Å². The highest BCUT2D eigenvalue weighted by Crippen LogP contribution is 2.15. The number of amides is 1. The maximum atomic E-state index is 12.3. The van der Waals surface area contributed by atoms with Gasteiger partial charge in [-0.15, -0.1) is 0 Å². The molecule has 2 N–H and O–H groups in total. The Kier molecular flexibility index (Phi) is 4.25. The van der Waals surface area contributed by atoms with Crippen LogP contribution >= 0.6 is 0 Å². The molecule has 0 fully saturated rings. The van der Waals surface area contributed by atoms with Gasteiger partial charge in [0.2, 0.25) is 0 Å². The van der Waals surface area contributed by atoms with Crippen LogP contribution in [-0.2, 0) is 0 Å². The Morgan fingerprint density at radius 3 is 2.70 bits per heavy atom. The third-order valence-corrected chi connectivity index (χ3v) is 3.48. The molecule has 1 atom stereocenters. The zero-order valence-corrected chi connectivity index (χ0v) is 12.6. The van der Waals surface area contributed by atoms with Crippen molar-refractivity contribution < 1.29 is 14.3 Å². The summed E-state index contributed by atoms with van der Waals surface area (Å²) in [4.78, 5) is 12.3. The van der Waals surface area contributed by atoms with Crippen LogP contribution in [-0.4, -0.2) is 27.4 Å². The van der Waals surface area contributed by atoms with Crippen LogP contribution in [0.5, 0.6) is 0 Å². The summed E-state index contributed by atoms with van der Waals surface area (Å²) < 4.78 is 6.96. The molecule has 0 aliphatic rings. The van der Waals surface area contributed by atoms with Crippen molar-refractivity contribution in [2.24, 2.45) is 0 Å². The second-order valence-electron chi connectivity index (χ2n) is 5.23. The Morgan fingerprint density at radius 1 is 1.35 bits per heavy atom. The molecule has 0 aliphatic heterocycles. The highest BCUT2D eigenvalue weighted by molar-refractivity contribution is 5.94. The number of aryl methyl sites for hydroxylation is 1. The number of nitrogens with zero attached hydrogens (tertiary/aromatic N) is 2. The Balaban J connectivity index is 1.72. The van der Waals surface area contributed by atoms with Gasteiger partial charge in [-0.1, -0.05) is 0 Å². The van der Waals surface area contributed by atoms with Crippen molar-refractivity contribution in [1.82, 2.24) is 15.1 Å². The molecule has 0 saturated carbocycles. The first-order chi connectivity index (χ1) is 11.2. The lowest BCUT2D eigenvalue weighted by Crippen LogP contribution is -2.30. The van der Waals surface area contributed by atoms with Gasteiger partial charge in [0.15, 0.2) is 0 Å². The second-order valence-corrected chi connectivity index (χ2v) is 5.23. The van der Waals surface area contributed by atoms with Crippen LogP contribution in [0.1, 0.15) is 27.7 Å². The number of rotatable bonds is 5. The monoisotopic (exact) mass is 311 g/mol. The summed E-state index contributed by atoms with van der Waals surface area (Å²) in [7, 11) is 0. The maximum absolute atomic E-state index is 12.3. The van der Waals surface area contributed by atoms with E-state index in [1.54, 1.807) is 35.1 Å². The van der Waals surface area contributed by atoms with Crippen LogP contribution < -0.4 is 5.32 Å². The summed E-state index contributed by atoms with van der Waals surface area (Å²) in [5.41, 5.74) is 2.44. The van der Waals surface area contributed by atoms with E-state index in [1.807, 2.05) is 25.3 Å². The minimum atomic E-state index is -0.564. The highest BCUT2D eigenvalue weighted by atomic mass is 16.3. The third kappa shape index (κ3) is 3.32. The molecular formula is C17H17N3O3. The standard InChI is InChI=1S/C17H17N3O3/c1-12-9-18-20(10-12)14-6-4-13(5-7-14)17(22)19-15(11-21)16-3-2-8-23-16/h2-10,15,21H,11H2,1H3,(H,19,22). The van der Waals surface area contributed by atoms with E-state index in [4.69, 9.17) is 4.42 Å². The highest BCUT2D eigenvalue weighted by Gasteiger charge is 2.17. The molecule has 1 unspecified atom stereocenters. The molecule has 0 spiro atoms. The van der Waals surface area contributed by atoms with E-state index >= 15 is 0 Å². The van der Waals surface area contributed by atoms with Crippen LogP contribution in [0.25, 0.3) is 5.69 Å². The Bertz CT molecular complexity index is 776. The number of aliphatic hydroxyl groups is 1. The number of hydrogen-bond donors (Lipinski definition) is 2. The van der Waals surface area contributed by atoms with Crippen LogP contribution in [0.2, 0.25) is 0 Å². The number of furan rings is 1. The van der Waals surface area contributed by atoms with E-state index in [0.717, 1.165) is 11.3 Å². The summed E-state index contributed by atoms with van der Waals surface area (Å²) >= 11 is 0. The predicted octanol–water partition coefficient (Wildman–Crippen LogP) is 2.24. The number of carbonyl (C=O) groups excluding carboxylic acids is 1. The lowest BCUT2D eigenvalue weighted by atomic mass is 10.1. The molecular weight excluding hydrogens is 294 g/mol. The number of nitrogens with one attached hydrogen (secondary N) is 1. The maximum Gasteiger partial charge on any atom is 0.251 e. The molecule has 1 amide bonds. The quantitative estimate of drug-likeness (QED) is 0.757. The van der Waals surface area contributed by atoms with Gasteiger partial charge in [0.05, 0.1) is 24.8 Å². The molecule has 2 heterocycles. The summed E-state index contributed by atoms with van der Waals surface area (Å²) in [5.74, 6) is 0.244. The van der Waals surface area contributed by atoms with Gasteiger partial charge in [-0.2, -0.15) is 5.10 Å². The van der Waals surface area contributed by atoms with E-state index in [2.05, 4.69) is 10.4 Å². The molecule has 0 saturated heterocycles. The zero-order valence-electron chi connectivity index (χ0n) is 12.6. The first kappa shape index (κ1) is 15.1. The third-order valence-electron chi connectivity index (χ3n) is 3.48. The molecule has 3 rings (SSSR count). The number of benzene rings is 1. The van der Waals surface area contributed by atoms with Crippen molar-refractivity contribution in [3.8, 4) is 5.69 Å². The van der Waals surface area contributed by atoms with E-state index in [1.165, 1.54) is 6.26 Å². The van der Waals surface area contributed by atoms with Crippen molar-refractivity contribution in [1.29, 1.82) is 0 Å². The van der Waals surface area contributed by atoms with Crippen molar-refractivity contribution in [3.63, 3.8) is 0 Å². The van der Waals surface area contributed by atoms with Crippen molar-refractivity contribution >= 4 is 5.91 Å². The molecule has 118 valence electrons. The first-order valence-corrected chi connectivity index (χ1v) is 7.24. The van der Waals surface area contributed by atoms with Crippen LogP contribution in [0.3, 0.4) is 0 Å². The molecule has 2 aromatic heterocycles. The van der Waals surface area contributed by atoms with E-state index in [-0.39, 0.29) is 12.5 Å². The lowest BCUT2D eigenvalue weighted by molar-refractivity contribution is 0.0907. The first-order valence-electron chi connectivity index (χ1n) is 7.24. The molecule has 0 aliphatic carbocycles. The van der Waals surface area contributed by atoms with Gasteiger partial charge >= 0.3 is 0 Å². The van der Waals surface area contributed by atoms with Gasteiger partial charge in [-0.25, -0.2) is 4.68 Å².